The van der Waals surface area contributed by atoms with Crippen molar-refractivity contribution in [3.8, 4) is 0 Å². The zero-order valence-electron chi connectivity index (χ0n) is 13.0. The normalized spacial score (nSPS) is 43.6. The first-order valence-corrected chi connectivity index (χ1v) is 8.17. The van der Waals surface area contributed by atoms with Gasteiger partial charge in [-0.1, -0.05) is 13.8 Å². The van der Waals surface area contributed by atoms with Crippen molar-refractivity contribution in [1.29, 1.82) is 0 Å². The average molecular weight is 265 g/mol. The van der Waals surface area contributed by atoms with E-state index in [0.717, 1.165) is 12.6 Å². The van der Waals surface area contributed by atoms with Gasteiger partial charge in [-0.15, -0.1) is 0 Å². The van der Waals surface area contributed by atoms with Gasteiger partial charge in [-0.25, -0.2) is 0 Å². The summed E-state index contributed by atoms with van der Waals surface area (Å²) >= 11 is 0. The van der Waals surface area contributed by atoms with E-state index in [1.807, 2.05) is 0 Å². The molecule has 1 aliphatic carbocycles. The predicted octanol–water partition coefficient (Wildman–Crippen LogP) is 2.06. The van der Waals surface area contributed by atoms with E-state index in [-0.39, 0.29) is 5.54 Å². The third kappa shape index (κ3) is 2.34. The number of piperazine rings is 1. The summed E-state index contributed by atoms with van der Waals surface area (Å²) < 4.78 is 0. The Bertz CT molecular complexity index is 341. The van der Waals surface area contributed by atoms with Gasteiger partial charge in [0.05, 0.1) is 0 Å². The van der Waals surface area contributed by atoms with Crippen LogP contribution in [0.1, 0.15) is 52.9 Å². The lowest BCUT2D eigenvalue weighted by molar-refractivity contribution is -0.0219. The molecule has 2 saturated heterocycles. The lowest BCUT2D eigenvalue weighted by Gasteiger charge is -2.51. The summed E-state index contributed by atoms with van der Waals surface area (Å²) in [5.41, 5.74) is 7.03. The fourth-order valence-corrected chi connectivity index (χ4v) is 5.02. The lowest BCUT2D eigenvalue weighted by atomic mass is 9.85. The van der Waals surface area contributed by atoms with E-state index in [1.165, 1.54) is 51.7 Å². The van der Waals surface area contributed by atoms with Crippen molar-refractivity contribution in [2.24, 2.45) is 11.1 Å². The Hall–Kier alpha value is -0.120. The Morgan fingerprint density at radius 2 is 2.00 bits per heavy atom. The first-order valence-electron chi connectivity index (χ1n) is 8.17. The molecule has 1 saturated carbocycles. The molecular weight excluding hydrogens is 234 g/mol. The first kappa shape index (κ1) is 13.8. The Morgan fingerprint density at radius 1 is 1.21 bits per heavy atom. The lowest BCUT2D eigenvalue weighted by Crippen LogP contribution is -2.64. The summed E-state index contributed by atoms with van der Waals surface area (Å²) in [6.45, 7) is 11.9. The molecule has 3 fully saturated rings. The molecule has 2 aliphatic heterocycles. The molecule has 0 aromatic heterocycles. The quantitative estimate of drug-likeness (QED) is 0.829. The highest BCUT2D eigenvalue weighted by Crippen LogP contribution is 2.47. The van der Waals surface area contributed by atoms with E-state index < -0.39 is 0 Å². The number of hydrogen-bond donors (Lipinski definition) is 1. The van der Waals surface area contributed by atoms with Gasteiger partial charge in [0, 0.05) is 37.3 Å². The summed E-state index contributed by atoms with van der Waals surface area (Å²) in [7, 11) is 0. The van der Waals surface area contributed by atoms with E-state index in [0.29, 0.717) is 11.5 Å². The van der Waals surface area contributed by atoms with Crippen LogP contribution in [0.25, 0.3) is 0 Å². The fraction of sp³-hybridized carbons (Fsp3) is 1.00. The molecule has 0 bridgehead atoms. The summed E-state index contributed by atoms with van der Waals surface area (Å²) in [4.78, 5) is 5.51. The summed E-state index contributed by atoms with van der Waals surface area (Å²) in [6, 6.07) is 1.48. The van der Waals surface area contributed by atoms with E-state index in [4.69, 9.17) is 5.73 Å². The van der Waals surface area contributed by atoms with Gasteiger partial charge in [-0.3, -0.25) is 9.80 Å². The van der Waals surface area contributed by atoms with Crippen molar-refractivity contribution in [1.82, 2.24) is 9.80 Å². The second-order valence-electron chi connectivity index (χ2n) is 8.06. The standard InChI is InChI=1S/C16H31N3/c1-13-9-18-8-4-5-14(18)10-19(13)16(12-17)7-6-15(2,3)11-16/h13-14H,4-12,17H2,1-3H3. The summed E-state index contributed by atoms with van der Waals surface area (Å²) in [5, 5.41) is 0. The minimum absolute atomic E-state index is 0.289. The Balaban J connectivity index is 1.79. The van der Waals surface area contributed by atoms with Gasteiger partial charge in [0.15, 0.2) is 0 Å². The van der Waals surface area contributed by atoms with Crippen molar-refractivity contribution < 1.29 is 0 Å². The fourth-order valence-electron chi connectivity index (χ4n) is 5.02. The first-order chi connectivity index (χ1) is 8.96. The maximum atomic E-state index is 6.26. The van der Waals surface area contributed by atoms with Crippen LogP contribution in [0.15, 0.2) is 0 Å². The molecule has 0 amide bonds. The van der Waals surface area contributed by atoms with Gasteiger partial charge >= 0.3 is 0 Å². The van der Waals surface area contributed by atoms with Crippen LogP contribution >= 0.6 is 0 Å². The van der Waals surface area contributed by atoms with Crippen molar-refractivity contribution in [2.75, 3.05) is 26.2 Å². The Kier molecular flexibility index (Phi) is 3.43. The zero-order valence-corrected chi connectivity index (χ0v) is 13.0. The van der Waals surface area contributed by atoms with Gasteiger partial charge in [-0.05, 0) is 51.0 Å². The van der Waals surface area contributed by atoms with Crippen LogP contribution in [0.3, 0.4) is 0 Å². The molecule has 2 heterocycles. The third-order valence-corrected chi connectivity index (χ3v) is 6.00. The van der Waals surface area contributed by atoms with Gasteiger partial charge in [0.2, 0.25) is 0 Å². The monoisotopic (exact) mass is 265 g/mol. The molecule has 110 valence electrons. The molecule has 0 spiro atoms. The molecule has 3 heteroatoms. The number of hydrogen-bond acceptors (Lipinski definition) is 3. The highest BCUT2D eigenvalue weighted by Gasteiger charge is 2.50. The number of nitrogens with zero attached hydrogens (tertiary/aromatic N) is 2. The number of nitrogens with two attached hydrogens (primary N) is 1. The maximum absolute atomic E-state index is 6.26. The molecule has 3 rings (SSSR count). The number of fused-ring (bicyclic) bond motifs is 1. The average Bonchev–Trinajstić information content (AvgIpc) is 2.92. The van der Waals surface area contributed by atoms with Crippen molar-refractivity contribution in [2.45, 2.75) is 70.5 Å². The molecule has 3 unspecified atom stereocenters. The van der Waals surface area contributed by atoms with Crippen LogP contribution in [-0.2, 0) is 0 Å². The van der Waals surface area contributed by atoms with Gasteiger partial charge in [0.1, 0.15) is 0 Å². The topological polar surface area (TPSA) is 32.5 Å². The van der Waals surface area contributed by atoms with E-state index in [9.17, 15) is 0 Å². The van der Waals surface area contributed by atoms with Crippen LogP contribution < -0.4 is 5.73 Å². The SMILES string of the molecule is CC1CN2CCCC2CN1C1(CN)CCC(C)(C)C1. The second-order valence-corrected chi connectivity index (χ2v) is 8.06. The summed E-state index contributed by atoms with van der Waals surface area (Å²) in [6.07, 6.45) is 6.71. The molecular formula is C16H31N3. The molecule has 0 aromatic carbocycles. The zero-order chi connectivity index (χ0) is 13.7. The molecule has 3 atom stereocenters. The van der Waals surface area contributed by atoms with E-state index in [2.05, 4.69) is 30.6 Å². The van der Waals surface area contributed by atoms with Crippen LogP contribution in [-0.4, -0.2) is 53.6 Å². The van der Waals surface area contributed by atoms with Crippen LogP contribution in [0, 0.1) is 5.41 Å². The van der Waals surface area contributed by atoms with E-state index >= 15 is 0 Å². The van der Waals surface area contributed by atoms with Crippen LogP contribution in [0.5, 0.6) is 0 Å². The largest absolute Gasteiger partial charge is 0.329 e. The third-order valence-electron chi connectivity index (χ3n) is 6.00. The number of rotatable bonds is 2. The Labute approximate surface area is 118 Å². The van der Waals surface area contributed by atoms with Crippen LogP contribution in [0.2, 0.25) is 0 Å². The van der Waals surface area contributed by atoms with Crippen LogP contribution in [0.4, 0.5) is 0 Å². The smallest absolute Gasteiger partial charge is 0.0341 e. The predicted molar refractivity (Wildman–Crippen MR) is 80.2 cm³/mol. The molecule has 0 radical (unpaired) electrons. The summed E-state index contributed by atoms with van der Waals surface area (Å²) in [5.74, 6) is 0. The van der Waals surface area contributed by atoms with Gasteiger partial charge in [0.25, 0.3) is 0 Å². The minimum atomic E-state index is 0.289. The van der Waals surface area contributed by atoms with Crippen molar-refractivity contribution in [3.63, 3.8) is 0 Å². The minimum Gasteiger partial charge on any atom is -0.329 e. The highest BCUT2D eigenvalue weighted by molar-refractivity contribution is 5.06. The molecule has 3 nitrogen and oxygen atoms in total. The Morgan fingerprint density at radius 3 is 2.63 bits per heavy atom. The van der Waals surface area contributed by atoms with E-state index in [1.54, 1.807) is 0 Å². The van der Waals surface area contributed by atoms with Gasteiger partial charge in [-0.2, -0.15) is 0 Å². The molecule has 2 N–H and O–H groups in total. The molecule has 0 aromatic rings. The molecule has 19 heavy (non-hydrogen) atoms. The molecule has 3 aliphatic rings. The van der Waals surface area contributed by atoms with Gasteiger partial charge < -0.3 is 5.73 Å². The van der Waals surface area contributed by atoms with Crippen molar-refractivity contribution in [3.05, 3.63) is 0 Å². The maximum Gasteiger partial charge on any atom is 0.0341 e. The second kappa shape index (κ2) is 4.71. The van der Waals surface area contributed by atoms with Crippen molar-refractivity contribution >= 4 is 0 Å². The highest BCUT2D eigenvalue weighted by atomic mass is 15.3.